The summed E-state index contributed by atoms with van der Waals surface area (Å²) in [6, 6.07) is 8.99. The van der Waals surface area contributed by atoms with Gasteiger partial charge in [-0.05, 0) is 38.0 Å². The highest BCUT2D eigenvalue weighted by Gasteiger charge is 2.35. The van der Waals surface area contributed by atoms with Crippen LogP contribution < -0.4 is 15.8 Å². The van der Waals surface area contributed by atoms with Gasteiger partial charge in [-0.1, -0.05) is 17.7 Å². The molecule has 2 aliphatic rings. The molecule has 0 saturated carbocycles. The smallest absolute Gasteiger partial charge is 0.274 e. The lowest BCUT2D eigenvalue weighted by Crippen LogP contribution is -2.32. The number of hydrogen-bond donors (Lipinski definition) is 1. The van der Waals surface area contributed by atoms with Crippen molar-refractivity contribution in [3.63, 3.8) is 0 Å². The molecule has 1 N–H and O–H groups in total. The number of pyridine rings is 1. The molecule has 0 radical (unpaired) electrons. The van der Waals surface area contributed by atoms with E-state index in [0.29, 0.717) is 18.7 Å². The number of amides is 3. The zero-order chi connectivity index (χ0) is 22.1. The van der Waals surface area contributed by atoms with Crippen molar-refractivity contribution in [2.24, 2.45) is 13.0 Å². The lowest BCUT2D eigenvalue weighted by molar-refractivity contribution is -0.122. The fraction of sp³-hybridized carbons (Fsp3) is 0.391. The van der Waals surface area contributed by atoms with E-state index in [1.54, 1.807) is 16.8 Å². The average Bonchev–Trinajstić information content (AvgIpc) is 3.41. The molecule has 1 aromatic heterocycles. The molecule has 31 heavy (non-hydrogen) atoms. The van der Waals surface area contributed by atoms with Gasteiger partial charge in [-0.2, -0.15) is 0 Å². The molecular formula is C23H26N4O4. The lowest BCUT2D eigenvalue weighted by atomic mass is 10.1. The zero-order valence-corrected chi connectivity index (χ0v) is 17.8. The van der Waals surface area contributed by atoms with Crippen molar-refractivity contribution in [2.75, 3.05) is 29.9 Å². The van der Waals surface area contributed by atoms with Gasteiger partial charge in [0.25, 0.3) is 11.5 Å². The molecule has 0 spiro atoms. The molecule has 8 heteroatoms. The van der Waals surface area contributed by atoms with Crippen molar-refractivity contribution in [1.82, 2.24) is 9.47 Å². The van der Waals surface area contributed by atoms with Gasteiger partial charge in [-0.15, -0.1) is 0 Å². The Kier molecular flexibility index (Phi) is 5.63. The summed E-state index contributed by atoms with van der Waals surface area (Å²) in [5, 5.41) is 2.66. The Labute approximate surface area is 180 Å². The Morgan fingerprint density at radius 2 is 1.74 bits per heavy atom. The average molecular weight is 422 g/mol. The summed E-state index contributed by atoms with van der Waals surface area (Å²) >= 11 is 0. The zero-order valence-electron chi connectivity index (χ0n) is 17.8. The molecule has 8 nitrogen and oxygen atoms in total. The first-order chi connectivity index (χ1) is 14.8. The number of hydrogen-bond acceptors (Lipinski definition) is 4. The molecule has 2 aliphatic heterocycles. The molecular weight excluding hydrogens is 396 g/mol. The van der Waals surface area contributed by atoms with Gasteiger partial charge in [0.15, 0.2) is 0 Å². The van der Waals surface area contributed by atoms with E-state index in [-0.39, 0.29) is 30.5 Å². The highest BCUT2D eigenvalue weighted by molar-refractivity contribution is 6.04. The Bertz CT molecular complexity index is 1080. The van der Waals surface area contributed by atoms with Crippen molar-refractivity contribution in [3.05, 3.63) is 58.0 Å². The Hall–Kier alpha value is -3.42. The van der Waals surface area contributed by atoms with Crippen molar-refractivity contribution < 1.29 is 14.4 Å². The molecule has 1 atom stereocenters. The minimum absolute atomic E-state index is 0.0544. The summed E-state index contributed by atoms with van der Waals surface area (Å²) in [7, 11) is 1.55. The number of carbonyl (C=O) groups is 3. The maximum absolute atomic E-state index is 12.9. The molecule has 0 aliphatic carbocycles. The van der Waals surface area contributed by atoms with E-state index >= 15 is 0 Å². The van der Waals surface area contributed by atoms with Crippen LogP contribution in [0.4, 0.5) is 11.4 Å². The lowest BCUT2D eigenvalue weighted by Gasteiger charge is -2.18. The van der Waals surface area contributed by atoms with Crippen molar-refractivity contribution in [3.8, 4) is 0 Å². The van der Waals surface area contributed by atoms with Crippen molar-refractivity contribution >= 4 is 29.1 Å². The fourth-order valence-electron chi connectivity index (χ4n) is 4.11. The van der Waals surface area contributed by atoms with Gasteiger partial charge in [-0.25, -0.2) is 0 Å². The van der Waals surface area contributed by atoms with E-state index in [4.69, 9.17) is 0 Å². The first-order valence-electron chi connectivity index (χ1n) is 10.5. The third kappa shape index (κ3) is 4.23. The number of aryl methyl sites for hydroxylation is 2. The van der Waals surface area contributed by atoms with Crippen molar-refractivity contribution in [1.29, 1.82) is 0 Å². The second-order valence-corrected chi connectivity index (χ2v) is 8.29. The number of nitrogens with zero attached hydrogens (tertiary/aromatic N) is 3. The predicted molar refractivity (Wildman–Crippen MR) is 117 cm³/mol. The number of aromatic nitrogens is 1. The number of rotatable bonds is 4. The van der Waals surface area contributed by atoms with Gasteiger partial charge in [0.1, 0.15) is 5.69 Å². The molecule has 2 saturated heterocycles. The van der Waals surface area contributed by atoms with Crippen LogP contribution in [0.25, 0.3) is 0 Å². The third-order valence-electron chi connectivity index (χ3n) is 5.92. The van der Waals surface area contributed by atoms with E-state index in [0.717, 1.165) is 24.1 Å². The number of carbonyl (C=O) groups excluding carboxylic acids is 3. The second kappa shape index (κ2) is 8.37. The van der Waals surface area contributed by atoms with Crippen LogP contribution >= 0.6 is 0 Å². The summed E-state index contributed by atoms with van der Waals surface area (Å²) in [5.41, 5.74) is 1.86. The van der Waals surface area contributed by atoms with Crippen LogP contribution in [0, 0.1) is 12.8 Å². The van der Waals surface area contributed by atoms with Crippen LogP contribution in [0.1, 0.15) is 35.2 Å². The summed E-state index contributed by atoms with van der Waals surface area (Å²) in [4.78, 5) is 53.9. The highest BCUT2D eigenvalue weighted by Crippen LogP contribution is 2.26. The van der Waals surface area contributed by atoms with E-state index in [2.05, 4.69) is 5.32 Å². The topological polar surface area (TPSA) is 91.7 Å². The van der Waals surface area contributed by atoms with Crippen LogP contribution in [0.15, 0.2) is 41.3 Å². The normalized spacial score (nSPS) is 18.5. The standard InChI is InChI=1S/C23H26N4O4/c1-15-5-7-18(8-6-15)27-14-16(12-20(27)28)21(29)24-19-11-17(13-25(2)23(19)31)22(30)26-9-3-4-10-26/h5-8,11,13,16H,3-4,9-10,12,14H2,1-2H3,(H,24,29). The summed E-state index contributed by atoms with van der Waals surface area (Å²) in [6.45, 7) is 3.61. The van der Waals surface area contributed by atoms with Crippen LogP contribution in [0.5, 0.6) is 0 Å². The van der Waals surface area contributed by atoms with Gasteiger partial charge in [0.05, 0.1) is 11.5 Å². The minimum atomic E-state index is -0.573. The fourth-order valence-corrected chi connectivity index (χ4v) is 4.11. The van der Waals surface area contributed by atoms with Crippen LogP contribution in [0.2, 0.25) is 0 Å². The third-order valence-corrected chi connectivity index (χ3v) is 5.92. The number of benzene rings is 1. The molecule has 3 amide bonds. The largest absolute Gasteiger partial charge is 0.339 e. The molecule has 162 valence electrons. The number of anilines is 2. The second-order valence-electron chi connectivity index (χ2n) is 8.29. The van der Waals surface area contributed by atoms with E-state index in [1.165, 1.54) is 16.8 Å². The minimum Gasteiger partial charge on any atom is -0.339 e. The van der Waals surface area contributed by atoms with Crippen LogP contribution in [0.3, 0.4) is 0 Å². The molecule has 1 aromatic carbocycles. The highest BCUT2D eigenvalue weighted by atomic mass is 16.2. The first-order valence-corrected chi connectivity index (χ1v) is 10.5. The van der Waals surface area contributed by atoms with E-state index in [9.17, 15) is 19.2 Å². The summed E-state index contributed by atoms with van der Waals surface area (Å²) < 4.78 is 1.30. The Balaban J connectivity index is 1.50. The van der Waals surface area contributed by atoms with Gasteiger partial charge in [0.2, 0.25) is 11.8 Å². The Morgan fingerprint density at radius 3 is 2.42 bits per heavy atom. The summed E-state index contributed by atoms with van der Waals surface area (Å²) in [6.07, 6.45) is 3.51. The van der Waals surface area contributed by atoms with Gasteiger partial charge < -0.3 is 19.7 Å². The van der Waals surface area contributed by atoms with Gasteiger partial charge >= 0.3 is 0 Å². The van der Waals surface area contributed by atoms with Crippen LogP contribution in [-0.4, -0.2) is 46.8 Å². The molecule has 4 rings (SSSR count). The number of nitrogens with one attached hydrogen (secondary N) is 1. The number of likely N-dealkylation sites (tertiary alicyclic amines) is 1. The molecule has 2 aromatic rings. The van der Waals surface area contributed by atoms with Gasteiger partial charge in [-0.3, -0.25) is 19.2 Å². The molecule has 1 unspecified atom stereocenters. The van der Waals surface area contributed by atoms with Crippen LogP contribution in [-0.2, 0) is 16.6 Å². The van der Waals surface area contributed by atoms with E-state index < -0.39 is 17.4 Å². The van der Waals surface area contributed by atoms with E-state index in [1.807, 2.05) is 31.2 Å². The van der Waals surface area contributed by atoms with Gasteiger partial charge in [0, 0.05) is 45.0 Å². The molecule has 2 fully saturated rings. The molecule has 3 heterocycles. The molecule has 0 bridgehead atoms. The summed E-state index contributed by atoms with van der Waals surface area (Å²) in [5.74, 6) is -1.25. The van der Waals surface area contributed by atoms with Crippen molar-refractivity contribution in [2.45, 2.75) is 26.2 Å². The Morgan fingerprint density at radius 1 is 1.06 bits per heavy atom. The predicted octanol–water partition coefficient (Wildman–Crippen LogP) is 1.92. The monoisotopic (exact) mass is 422 g/mol. The SMILES string of the molecule is Cc1ccc(N2CC(C(=O)Nc3cc(C(=O)N4CCCC4)cn(C)c3=O)CC2=O)cc1. The quantitative estimate of drug-likeness (QED) is 0.815. The maximum Gasteiger partial charge on any atom is 0.274 e. The first kappa shape index (κ1) is 20.8. The maximum atomic E-state index is 12.9.